The number of nitrogens with two attached hydrogens (primary N) is 1. The quantitative estimate of drug-likeness (QED) is 0.621. The maximum absolute atomic E-state index is 12.2. The number of aryl methyl sites for hydroxylation is 1. The van der Waals surface area contributed by atoms with Gasteiger partial charge in [-0.1, -0.05) is 11.6 Å². The van der Waals surface area contributed by atoms with Crippen LogP contribution in [0, 0.1) is 6.92 Å². The number of fused-ring (bicyclic) bond motifs is 1. The van der Waals surface area contributed by atoms with E-state index in [1.54, 1.807) is 25.1 Å². The molecule has 110 valence electrons. The molecule has 1 aromatic carbocycles. The first-order valence-electron chi connectivity index (χ1n) is 6.26. The van der Waals surface area contributed by atoms with Gasteiger partial charge in [0.15, 0.2) is 6.61 Å². The molecule has 2 N–H and O–H groups in total. The maximum Gasteiger partial charge on any atom is 0.329 e. The normalized spacial score (nSPS) is 14.9. The second-order valence-electron chi connectivity index (χ2n) is 4.78. The molecule has 2 rings (SSSR count). The second kappa shape index (κ2) is 5.35. The minimum Gasteiger partial charge on any atom is -0.454 e. The van der Waals surface area contributed by atoms with Crippen LogP contribution in [-0.4, -0.2) is 41.2 Å². The van der Waals surface area contributed by atoms with Gasteiger partial charge >= 0.3 is 5.97 Å². The van der Waals surface area contributed by atoms with Gasteiger partial charge in [-0.15, -0.1) is 0 Å². The molecule has 0 radical (unpaired) electrons. The van der Waals surface area contributed by atoms with Gasteiger partial charge < -0.3 is 10.5 Å². The van der Waals surface area contributed by atoms with Gasteiger partial charge in [0, 0.05) is 0 Å². The predicted molar refractivity (Wildman–Crippen MR) is 71.3 cm³/mol. The van der Waals surface area contributed by atoms with Crippen LogP contribution in [0.2, 0.25) is 0 Å². The molecule has 0 spiro atoms. The van der Waals surface area contributed by atoms with Crippen LogP contribution in [0.3, 0.4) is 0 Å². The molecule has 7 heteroatoms. The highest BCUT2D eigenvalue weighted by molar-refractivity contribution is 6.22. The number of esters is 1. The summed E-state index contributed by atoms with van der Waals surface area (Å²) in [4.78, 5) is 47.6. The molecule has 7 nitrogen and oxygen atoms in total. The largest absolute Gasteiger partial charge is 0.454 e. The Balaban J connectivity index is 2.22. The first kappa shape index (κ1) is 14.7. The molecule has 0 aromatic heterocycles. The number of carbonyl (C=O) groups is 4. The maximum atomic E-state index is 12.2. The van der Waals surface area contributed by atoms with Gasteiger partial charge in [-0.3, -0.25) is 19.3 Å². The predicted octanol–water partition coefficient (Wildman–Crippen LogP) is 0.00802. The summed E-state index contributed by atoms with van der Waals surface area (Å²) in [6.07, 6.45) is 0. The molecular weight excluding hydrogens is 276 g/mol. The molecule has 1 atom stereocenters. The lowest BCUT2D eigenvalue weighted by Gasteiger charge is -2.20. The summed E-state index contributed by atoms with van der Waals surface area (Å²) >= 11 is 0. The minimum absolute atomic E-state index is 0.250. The van der Waals surface area contributed by atoms with Crippen molar-refractivity contribution < 1.29 is 23.9 Å². The van der Waals surface area contributed by atoms with E-state index in [1.807, 2.05) is 0 Å². The number of amides is 3. The van der Waals surface area contributed by atoms with Crippen molar-refractivity contribution in [2.24, 2.45) is 5.73 Å². The standard InChI is InChI=1S/C14H14N2O5/c1-7-3-4-9-10(5-7)13(19)16(12(9)18)8(2)14(20)21-6-11(15)17/h3-5,8H,6H2,1-2H3,(H2,15,17)/t8-/m1/s1. The molecule has 1 heterocycles. The summed E-state index contributed by atoms with van der Waals surface area (Å²) in [6, 6.07) is 3.73. The third-order valence-corrected chi connectivity index (χ3v) is 3.16. The summed E-state index contributed by atoms with van der Waals surface area (Å²) < 4.78 is 4.64. The Labute approximate surface area is 120 Å². The third kappa shape index (κ3) is 2.62. The number of benzene rings is 1. The lowest BCUT2D eigenvalue weighted by Crippen LogP contribution is -2.44. The van der Waals surface area contributed by atoms with Crippen molar-refractivity contribution in [3.8, 4) is 0 Å². The lowest BCUT2D eigenvalue weighted by molar-refractivity contribution is -0.151. The van der Waals surface area contributed by atoms with Crippen molar-refractivity contribution in [2.75, 3.05) is 6.61 Å². The SMILES string of the molecule is Cc1ccc2c(c1)C(=O)N([C@H](C)C(=O)OCC(N)=O)C2=O. The Kier molecular flexibility index (Phi) is 3.75. The average molecular weight is 290 g/mol. The third-order valence-electron chi connectivity index (χ3n) is 3.16. The van der Waals surface area contributed by atoms with Crippen LogP contribution >= 0.6 is 0 Å². The van der Waals surface area contributed by atoms with Crippen LogP contribution in [0.5, 0.6) is 0 Å². The number of hydrogen-bond acceptors (Lipinski definition) is 5. The first-order chi connectivity index (χ1) is 9.82. The van der Waals surface area contributed by atoms with Crippen molar-refractivity contribution in [2.45, 2.75) is 19.9 Å². The average Bonchev–Trinajstić information content (AvgIpc) is 2.67. The molecule has 1 aliphatic heterocycles. The summed E-state index contributed by atoms with van der Waals surface area (Å²) in [5.41, 5.74) is 6.21. The summed E-state index contributed by atoms with van der Waals surface area (Å²) in [6.45, 7) is 2.56. The van der Waals surface area contributed by atoms with Crippen LogP contribution in [0.25, 0.3) is 0 Å². The van der Waals surface area contributed by atoms with E-state index in [1.165, 1.54) is 6.92 Å². The topological polar surface area (TPSA) is 107 Å². The first-order valence-corrected chi connectivity index (χ1v) is 6.26. The molecule has 3 amide bonds. The monoisotopic (exact) mass is 290 g/mol. The van der Waals surface area contributed by atoms with Gasteiger partial charge in [0.25, 0.3) is 17.7 Å². The summed E-state index contributed by atoms with van der Waals surface area (Å²) in [7, 11) is 0. The minimum atomic E-state index is -1.13. The molecule has 0 bridgehead atoms. The summed E-state index contributed by atoms with van der Waals surface area (Å²) in [5, 5.41) is 0. The molecule has 0 unspecified atom stereocenters. The number of ether oxygens (including phenoxy) is 1. The molecule has 0 saturated carbocycles. The van der Waals surface area contributed by atoms with E-state index < -0.39 is 36.3 Å². The van der Waals surface area contributed by atoms with Gasteiger partial charge in [-0.05, 0) is 26.0 Å². The van der Waals surface area contributed by atoms with Crippen molar-refractivity contribution in [3.05, 3.63) is 34.9 Å². The molecular formula is C14H14N2O5. The molecule has 0 saturated heterocycles. The molecule has 21 heavy (non-hydrogen) atoms. The van der Waals surface area contributed by atoms with Crippen LogP contribution in [0.4, 0.5) is 0 Å². The highest BCUT2D eigenvalue weighted by Crippen LogP contribution is 2.25. The van der Waals surface area contributed by atoms with E-state index in [2.05, 4.69) is 4.74 Å². The second-order valence-corrected chi connectivity index (χ2v) is 4.78. The van der Waals surface area contributed by atoms with Crippen molar-refractivity contribution in [1.29, 1.82) is 0 Å². The Bertz CT molecular complexity index is 653. The van der Waals surface area contributed by atoms with E-state index in [4.69, 9.17) is 5.73 Å². The van der Waals surface area contributed by atoms with Gasteiger partial charge in [0.1, 0.15) is 6.04 Å². The zero-order valence-corrected chi connectivity index (χ0v) is 11.6. The zero-order chi connectivity index (χ0) is 15.7. The van der Waals surface area contributed by atoms with Crippen molar-refractivity contribution in [1.82, 2.24) is 4.90 Å². The smallest absolute Gasteiger partial charge is 0.329 e. The highest BCUT2D eigenvalue weighted by atomic mass is 16.5. The summed E-state index contributed by atoms with van der Waals surface area (Å²) in [5.74, 6) is -2.78. The van der Waals surface area contributed by atoms with E-state index in [0.717, 1.165) is 10.5 Å². The van der Waals surface area contributed by atoms with Crippen LogP contribution in [0.15, 0.2) is 18.2 Å². The van der Waals surface area contributed by atoms with E-state index in [0.29, 0.717) is 0 Å². The number of hydrogen-bond donors (Lipinski definition) is 1. The molecule has 0 aliphatic carbocycles. The van der Waals surface area contributed by atoms with E-state index in [9.17, 15) is 19.2 Å². The van der Waals surface area contributed by atoms with Gasteiger partial charge in [-0.25, -0.2) is 4.79 Å². The lowest BCUT2D eigenvalue weighted by atomic mass is 10.1. The number of carbonyl (C=O) groups excluding carboxylic acids is 4. The van der Waals surface area contributed by atoms with Crippen molar-refractivity contribution in [3.63, 3.8) is 0 Å². The van der Waals surface area contributed by atoms with Gasteiger partial charge in [0.05, 0.1) is 11.1 Å². The number of imide groups is 1. The van der Waals surface area contributed by atoms with E-state index in [-0.39, 0.29) is 11.1 Å². The number of nitrogens with zero attached hydrogens (tertiary/aromatic N) is 1. The fourth-order valence-electron chi connectivity index (χ4n) is 2.09. The fraction of sp³-hybridized carbons (Fsp3) is 0.286. The molecule has 0 fully saturated rings. The Morgan fingerprint density at radius 1 is 1.24 bits per heavy atom. The van der Waals surface area contributed by atoms with Crippen LogP contribution < -0.4 is 5.73 Å². The van der Waals surface area contributed by atoms with Gasteiger partial charge in [0.2, 0.25) is 0 Å². The fourth-order valence-corrected chi connectivity index (χ4v) is 2.09. The Morgan fingerprint density at radius 2 is 1.86 bits per heavy atom. The zero-order valence-electron chi connectivity index (χ0n) is 11.6. The van der Waals surface area contributed by atoms with Crippen LogP contribution in [-0.2, 0) is 14.3 Å². The Morgan fingerprint density at radius 3 is 2.48 bits per heavy atom. The van der Waals surface area contributed by atoms with E-state index >= 15 is 0 Å². The number of primary amides is 1. The molecule has 1 aromatic rings. The highest BCUT2D eigenvalue weighted by Gasteiger charge is 2.41. The number of rotatable bonds is 4. The molecule has 1 aliphatic rings. The van der Waals surface area contributed by atoms with Crippen molar-refractivity contribution >= 4 is 23.7 Å². The van der Waals surface area contributed by atoms with Crippen LogP contribution in [0.1, 0.15) is 33.2 Å². The van der Waals surface area contributed by atoms with Gasteiger partial charge in [-0.2, -0.15) is 0 Å². The Hall–Kier alpha value is -2.70.